The molecule has 0 bridgehead atoms. The molecular weight excluding hydrogens is 402 g/mol. The summed E-state index contributed by atoms with van der Waals surface area (Å²) in [7, 11) is 0. The van der Waals surface area contributed by atoms with Gasteiger partial charge in [-0.05, 0) is 43.0 Å². The van der Waals surface area contributed by atoms with Crippen LogP contribution in [0.25, 0.3) is 17.1 Å². The SMILES string of the molecule is CC(C)c1nnc(-c2cnn3ccc(N4CC[C@H]5C[C@]54c4cc(F)ccc4F)nc23)o1. The van der Waals surface area contributed by atoms with Crippen LogP contribution in [0.3, 0.4) is 0 Å². The van der Waals surface area contributed by atoms with Gasteiger partial charge in [0.15, 0.2) is 5.65 Å². The summed E-state index contributed by atoms with van der Waals surface area (Å²) in [6, 6.07) is 5.54. The maximum atomic E-state index is 14.7. The molecular formula is C22H20F2N6O. The van der Waals surface area contributed by atoms with Crippen LogP contribution < -0.4 is 4.90 Å². The number of hydrogen-bond acceptors (Lipinski definition) is 6. The van der Waals surface area contributed by atoms with E-state index in [1.807, 2.05) is 26.1 Å². The summed E-state index contributed by atoms with van der Waals surface area (Å²) in [6.07, 6.45) is 5.16. The summed E-state index contributed by atoms with van der Waals surface area (Å²) in [5.41, 5.74) is 1.07. The minimum absolute atomic E-state index is 0.115. The van der Waals surface area contributed by atoms with E-state index in [0.29, 0.717) is 34.4 Å². The van der Waals surface area contributed by atoms with Crippen LogP contribution in [-0.2, 0) is 5.54 Å². The van der Waals surface area contributed by atoms with Crippen molar-refractivity contribution in [3.63, 3.8) is 0 Å². The molecule has 0 N–H and O–H groups in total. The van der Waals surface area contributed by atoms with E-state index in [-0.39, 0.29) is 17.7 Å². The lowest BCUT2D eigenvalue weighted by molar-refractivity contribution is 0.481. The van der Waals surface area contributed by atoms with Crippen molar-refractivity contribution < 1.29 is 13.2 Å². The highest BCUT2D eigenvalue weighted by molar-refractivity contribution is 5.72. The fourth-order valence-electron chi connectivity index (χ4n) is 4.83. The van der Waals surface area contributed by atoms with E-state index >= 15 is 0 Å². The molecule has 0 spiro atoms. The van der Waals surface area contributed by atoms with Gasteiger partial charge in [-0.2, -0.15) is 5.10 Å². The first-order valence-corrected chi connectivity index (χ1v) is 10.4. The van der Waals surface area contributed by atoms with Crippen LogP contribution >= 0.6 is 0 Å². The summed E-state index contributed by atoms with van der Waals surface area (Å²) < 4.78 is 36.1. The number of hydrogen-bond donors (Lipinski definition) is 0. The van der Waals surface area contributed by atoms with Crippen LogP contribution in [0.5, 0.6) is 0 Å². The number of rotatable bonds is 4. The van der Waals surface area contributed by atoms with Gasteiger partial charge in [0.1, 0.15) is 23.0 Å². The van der Waals surface area contributed by atoms with Crippen molar-refractivity contribution in [2.24, 2.45) is 5.92 Å². The number of piperidine rings is 1. The second-order valence-corrected chi connectivity index (χ2v) is 8.60. The van der Waals surface area contributed by atoms with E-state index in [4.69, 9.17) is 9.40 Å². The summed E-state index contributed by atoms with van der Waals surface area (Å²) in [6.45, 7) is 4.69. The largest absolute Gasteiger partial charge is 0.420 e. The molecule has 2 fully saturated rings. The topological polar surface area (TPSA) is 72.3 Å². The molecule has 0 amide bonds. The molecule has 7 nitrogen and oxygen atoms in total. The van der Waals surface area contributed by atoms with Gasteiger partial charge in [-0.1, -0.05) is 13.8 Å². The average Bonchev–Trinajstić information content (AvgIpc) is 3.13. The first-order chi connectivity index (χ1) is 15.0. The normalized spacial score (nSPS) is 22.5. The summed E-state index contributed by atoms with van der Waals surface area (Å²) in [4.78, 5) is 6.93. The number of anilines is 1. The fraction of sp³-hybridized carbons (Fsp3) is 0.364. The van der Waals surface area contributed by atoms with E-state index in [1.54, 1.807) is 10.7 Å². The van der Waals surface area contributed by atoms with Crippen LogP contribution in [-0.4, -0.2) is 31.3 Å². The van der Waals surface area contributed by atoms with E-state index in [0.717, 1.165) is 25.5 Å². The van der Waals surface area contributed by atoms with Gasteiger partial charge >= 0.3 is 0 Å². The Morgan fingerprint density at radius 2 is 2.06 bits per heavy atom. The third kappa shape index (κ3) is 2.62. The van der Waals surface area contributed by atoms with Gasteiger partial charge < -0.3 is 9.32 Å². The molecule has 0 radical (unpaired) electrons. The van der Waals surface area contributed by atoms with Crippen LogP contribution in [0, 0.1) is 17.6 Å². The number of aromatic nitrogens is 5. The Morgan fingerprint density at radius 1 is 1.19 bits per heavy atom. The number of fused-ring (bicyclic) bond motifs is 2. The molecule has 4 heterocycles. The van der Waals surface area contributed by atoms with Gasteiger partial charge in [-0.15, -0.1) is 10.2 Å². The van der Waals surface area contributed by atoms with Crippen molar-refractivity contribution in [2.45, 2.75) is 38.1 Å². The third-order valence-corrected chi connectivity index (χ3v) is 6.45. The molecule has 6 rings (SSSR count). The lowest BCUT2D eigenvalue weighted by Crippen LogP contribution is -2.34. The fourth-order valence-corrected chi connectivity index (χ4v) is 4.83. The summed E-state index contributed by atoms with van der Waals surface area (Å²) in [5.74, 6) is 1.20. The molecule has 31 heavy (non-hydrogen) atoms. The maximum absolute atomic E-state index is 14.7. The first-order valence-electron chi connectivity index (χ1n) is 10.4. The molecule has 2 aliphatic rings. The predicted molar refractivity (Wildman–Crippen MR) is 108 cm³/mol. The highest BCUT2D eigenvalue weighted by Gasteiger charge is 2.64. The van der Waals surface area contributed by atoms with E-state index in [9.17, 15) is 8.78 Å². The first kappa shape index (κ1) is 18.4. The highest BCUT2D eigenvalue weighted by atomic mass is 19.1. The van der Waals surface area contributed by atoms with Crippen molar-refractivity contribution in [3.8, 4) is 11.5 Å². The van der Waals surface area contributed by atoms with Crippen LogP contribution in [0.2, 0.25) is 0 Å². The lowest BCUT2D eigenvalue weighted by Gasteiger charge is -2.30. The standard InChI is InChI=1S/C22H20F2N6O/c1-12(2)20-27-28-21(31-20)15-11-25-30-8-6-18(26-19(15)30)29-7-5-13-10-22(13,29)16-9-14(23)3-4-17(16)24/h3-4,6,8-9,11-13H,5,7,10H2,1-2H3/t13-,22+/m0/s1. The number of benzene rings is 1. The van der Waals surface area contributed by atoms with Crippen molar-refractivity contribution in [2.75, 3.05) is 11.4 Å². The van der Waals surface area contributed by atoms with E-state index in [2.05, 4.69) is 20.2 Å². The van der Waals surface area contributed by atoms with Crippen molar-refractivity contribution in [1.82, 2.24) is 24.8 Å². The monoisotopic (exact) mass is 422 g/mol. The zero-order chi connectivity index (χ0) is 21.3. The predicted octanol–water partition coefficient (Wildman–Crippen LogP) is 4.31. The number of nitrogens with zero attached hydrogens (tertiary/aromatic N) is 6. The molecule has 4 aromatic rings. The molecule has 158 valence electrons. The zero-order valence-electron chi connectivity index (χ0n) is 17.1. The van der Waals surface area contributed by atoms with E-state index in [1.165, 1.54) is 12.1 Å². The van der Waals surface area contributed by atoms with Crippen molar-refractivity contribution >= 4 is 11.5 Å². The summed E-state index contributed by atoms with van der Waals surface area (Å²) >= 11 is 0. The number of halogens is 2. The Bertz CT molecular complexity index is 1310. The lowest BCUT2D eigenvalue weighted by atomic mass is 10.0. The summed E-state index contributed by atoms with van der Waals surface area (Å²) in [5, 5.41) is 12.6. The zero-order valence-corrected chi connectivity index (χ0v) is 17.1. The Labute approximate surface area is 176 Å². The highest BCUT2D eigenvalue weighted by Crippen LogP contribution is 2.63. The Morgan fingerprint density at radius 3 is 2.84 bits per heavy atom. The molecule has 1 saturated heterocycles. The van der Waals surface area contributed by atoms with Crippen molar-refractivity contribution in [1.29, 1.82) is 0 Å². The minimum atomic E-state index is -0.549. The van der Waals surface area contributed by atoms with Gasteiger partial charge in [-0.25, -0.2) is 18.3 Å². The van der Waals surface area contributed by atoms with Crippen LogP contribution in [0.4, 0.5) is 14.6 Å². The van der Waals surface area contributed by atoms with Gasteiger partial charge in [0.2, 0.25) is 5.89 Å². The molecule has 9 heteroatoms. The second-order valence-electron chi connectivity index (χ2n) is 8.60. The Kier molecular flexibility index (Phi) is 3.75. The van der Waals surface area contributed by atoms with Crippen LogP contribution in [0.15, 0.2) is 41.1 Å². The molecule has 1 saturated carbocycles. The van der Waals surface area contributed by atoms with Gasteiger partial charge in [0.25, 0.3) is 5.89 Å². The average molecular weight is 422 g/mol. The van der Waals surface area contributed by atoms with Crippen LogP contribution in [0.1, 0.15) is 44.1 Å². The molecule has 1 aliphatic carbocycles. The molecule has 2 atom stereocenters. The molecule has 0 unspecified atom stereocenters. The smallest absolute Gasteiger partial charge is 0.253 e. The maximum Gasteiger partial charge on any atom is 0.253 e. The third-order valence-electron chi connectivity index (χ3n) is 6.45. The Balaban J connectivity index is 1.44. The minimum Gasteiger partial charge on any atom is -0.420 e. The van der Waals surface area contributed by atoms with Gasteiger partial charge in [-0.3, -0.25) is 0 Å². The molecule has 1 aromatic carbocycles. The van der Waals surface area contributed by atoms with Gasteiger partial charge in [0.05, 0.1) is 11.7 Å². The second kappa shape index (κ2) is 6.32. The Hall–Kier alpha value is -3.36. The van der Waals surface area contributed by atoms with Gasteiger partial charge in [0, 0.05) is 24.2 Å². The van der Waals surface area contributed by atoms with Crippen molar-refractivity contribution in [3.05, 3.63) is 59.7 Å². The quantitative estimate of drug-likeness (QED) is 0.488. The molecule has 3 aromatic heterocycles. The van der Waals surface area contributed by atoms with E-state index < -0.39 is 11.4 Å². The molecule has 1 aliphatic heterocycles.